The van der Waals surface area contributed by atoms with Crippen molar-refractivity contribution < 1.29 is 15.0 Å². The van der Waals surface area contributed by atoms with Gasteiger partial charge in [-0.15, -0.1) is 0 Å². The van der Waals surface area contributed by atoms with Crippen molar-refractivity contribution in [2.24, 2.45) is 0 Å². The van der Waals surface area contributed by atoms with Crippen LogP contribution in [-0.4, -0.2) is 16.2 Å². The predicted octanol–water partition coefficient (Wildman–Crippen LogP) is 5.06. The second-order valence-corrected chi connectivity index (χ2v) is 5.73. The molecule has 4 aromatic rings. The number of hydrogen-bond acceptors (Lipinski definition) is 2. The predicted molar refractivity (Wildman–Crippen MR) is 95.5 cm³/mol. The Kier molecular flexibility index (Phi) is 3.21. The fraction of sp³-hybridized carbons (Fsp3) is 0. The van der Waals surface area contributed by atoms with E-state index in [1.807, 2.05) is 48.5 Å². The molecule has 0 amide bonds. The number of carboxylic acids is 1. The Morgan fingerprint density at radius 3 is 2.25 bits per heavy atom. The molecule has 0 saturated heterocycles. The Labute approximate surface area is 138 Å². The maximum Gasteiger partial charge on any atom is 0.336 e. The molecule has 0 bridgehead atoms. The maximum absolute atomic E-state index is 11.7. The quantitative estimate of drug-likeness (QED) is 0.508. The molecule has 0 radical (unpaired) electrons. The minimum absolute atomic E-state index is 0.182. The number of carbonyl (C=O) groups is 1. The van der Waals surface area contributed by atoms with E-state index in [4.69, 9.17) is 0 Å². The summed E-state index contributed by atoms with van der Waals surface area (Å²) in [5.74, 6) is -0.766. The Balaban J connectivity index is 2.24. The Morgan fingerprint density at radius 1 is 0.792 bits per heavy atom. The highest BCUT2D eigenvalue weighted by atomic mass is 16.4. The van der Waals surface area contributed by atoms with Crippen molar-refractivity contribution in [3.05, 3.63) is 78.4 Å². The third-order valence-corrected chi connectivity index (χ3v) is 4.27. The SMILES string of the molecule is O=C(O)c1cccc2cc3ccccc3c(-c3ccc(O)cc3)c12. The van der Waals surface area contributed by atoms with Crippen LogP contribution in [0.1, 0.15) is 10.4 Å². The molecular weight excluding hydrogens is 300 g/mol. The van der Waals surface area contributed by atoms with Gasteiger partial charge in [-0.2, -0.15) is 0 Å². The number of phenolic OH excluding ortho intramolecular Hbond substituents is 1. The average Bonchev–Trinajstić information content (AvgIpc) is 2.60. The zero-order chi connectivity index (χ0) is 16.7. The van der Waals surface area contributed by atoms with Gasteiger partial charge in [0.1, 0.15) is 5.75 Å². The van der Waals surface area contributed by atoms with Gasteiger partial charge in [0, 0.05) is 5.39 Å². The second-order valence-electron chi connectivity index (χ2n) is 5.73. The zero-order valence-electron chi connectivity index (χ0n) is 12.7. The monoisotopic (exact) mass is 314 g/mol. The molecule has 0 atom stereocenters. The molecule has 0 heterocycles. The van der Waals surface area contributed by atoms with Gasteiger partial charge < -0.3 is 10.2 Å². The van der Waals surface area contributed by atoms with E-state index in [0.717, 1.165) is 32.7 Å². The van der Waals surface area contributed by atoms with E-state index in [-0.39, 0.29) is 11.3 Å². The van der Waals surface area contributed by atoms with E-state index in [9.17, 15) is 15.0 Å². The summed E-state index contributed by atoms with van der Waals surface area (Å²) in [5, 5.41) is 22.9. The number of phenols is 1. The summed E-state index contributed by atoms with van der Waals surface area (Å²) in [7, 11) is 0. The molecule has 24 heavy (non-hydrogen) atoms. The van der Waals surface area contributed by atoms with Gasteiger partial charge in [-0.1, -0.05) is 48.5 Å². The molecule has 3 nitrogen and oxygen atoms in total. The molecule has 4 aromatic carbocycles. The number of aromatic carboxylic acids is 1. The zero-order valence-corrected chi connectivity index (χ0v) is 12.7. The van der Waals surface area contributed by atoms with Crippen LogP contribution >= 0.6 is 0 Å². The topological polar surface area (TPSA) is 57.5 Å². The summed E-state index contributed by atoms with van der Waals surface area (Å²) < 4.78 is 0. The largest absolute Gasteiger partial charge is 0.508 e. The van der Waals surface area contributed by atoms with Crippen molar-refractivity contribution in [1.82, 2.24) is 0 Å². The van der Waals surface area contributed by atoms with E-state index < -0.39 is 5.97 Å². The van der Waals surface area contributed by atoms with Crippen molar-refractivity contribution in [1.29, 1.82) is 0 Å². The smallest absolute Gasteiger partial charge is 0.336 e. The summed E-state index contributed by atoms with van der Waals surface area (Å²) in [5.41, 5.74) is 2.03. The van der Waals surface area contributed by atoms with Gasteiger partial charge in [0.05, 0.1) is 5.56 Å². The fourth-order valence-electron chi connectivity index (χ4n) is 3.23. The number of carboxylic acid groups (broad SMARTS) is 1. The van der Waals surface area contributed by atoms with Crippen molar-refractivity contribution >= 4 is 27.5 Å². The first-order chi connectivity index (χ1) is 11.6. The lowest BCUT2D eigenvalue weighted by Crippen LogP contribution is -1.99. The van der Waals surface area contributed by atoms with Gasteiger partial charge in [-0.25, -0.2) is 4.79 Å². The van der Waals surface area contributed by atoms with Gasteiger partial charge in [0.25, 0.3) is 0 Å². The van der Waals surface area contributed by atoms with Gasteiger partial charge in [0.15, 0.2) is 0 Å². The summed E-state index contributed by atoms with van der Waals surface area (Å²) in [4.78, 5) is 11.7. The van der Waals surface area contributed by atoms with Crippen molar-refractivity contribution in [2.75, 3.05) is 0 Å². The lowest BCUT2D eigenvalue weighted by atomic mass is 9.89. The lowest BCUT2D eigenvalue weighted by molar-refractivity contribution is 0.0699. The highest BCUT2D eigenvalue weighted by Crippen LogP contribution is 2.38. The van der Waals surface area contributed by atoms with Gasteiger partial charge >= 0.3 is 5.97 Å². The first-order valence-corrected chi connectivity index (χ1v) is 7.62. The Morgan fingerprint density at radius 2 is 1.50 bits per heavy atom. The molecule has 3 heteroatoms. The minimum atomic E-state index is -0.948. The van der Waals surface area contributed by atoms with Crippen LogP contribution in [0, 0.1) is 0 Å². The molecule has 0 saturated carbocycles. The van der Waals surface area contributed by atoms with E-state index in [0.29, 0.717) is 0 Å². The molecule has 0 aromatic heterocycles. The summed E-state index contributed by atoms with van der Waals surface area (Å²) in [6.45, 7) is 0. The third-order valence-electron chi connectivity index (χ3n) is 4.27. The molecule has 0 aliphatic heterocycles. The average molecular weight is 314 g/mol. The van der Waals surface area contributed by atoms with E-state index >= 15 is 0 Å². The van der Waals surface area contributed by atoms with E-state index in [1.165, 1.54) is 0 Å². The highest BCUT2D eigenvalue weighted by Gasteiger charge is 2.16. The maximum atomic E-state index is 11.7. The molecule has 0 spiro atoms. The number of benzene rings is 4. The molecule has 0 unspecified atom stereocenters. The van der Waals surface area contributed by atoms with Crippen LogP contribution in [0.25, 0.3) is 32.7 Å². The van der Waals surface area contributed by atoms with Crippen LogP contribution in [0.5, 0.6) is 5.75 Å². The fourth-order valence-corrected chi connectivity index (χ4v) is 3.23. The van der Waals surface area contributed by atoms with Crippen LogP contribution in [0.15, 0.2) is 72.8 Å². The standard InChI is InChI=1S/C21H14O3/c22-16-10-8-13(9-11-16)19-17-6-2-1-4-14(17)12-15-5-3-7-18(20(15)19)21(23)24/h1-12,22H,(H,23,24). The Bertz CT molecular complexity index is 1080. The van der Waals surface area contributed by atoms with Crippen molar-refractivity contribution in [3.63, 3.8) is 0 Å². The number of aromatic hydroxyl groups is 1. The lowest BCUT2D eigenvalue weighted by Gasteiger charge is -2.14. The number of hydrogen-bond donors (Lipinski definition) is 2. The molecule has 4 rings (SSSR count). The van der Waals surface area contributed by atoms with Gasteiger partial charge in [0.2, 0.25) is 0 Å². The third kappa shape index (κ3) is 2.18. The minimum Gasteiger partial charge on any atom is -0.508 e. The van der Waals surface area contributed by atoms with Crippen LogP contribution in [-0.2, 0) is 0 Å². The second kappa shape index (κ2) is 5.39. The van der Waals surface area contributed by atoms with Gasteiger partial charge in [-0.05, 0) is 51.6 Å². The summed E-state index contributed by atoms with van der Waals surface area (Å²) in [6, 6.07) is 22.1. The van der Waals surface area contributed by atoms with Crippen LogP contribution in [0.2, 0.25) is 0 Å². The number of fused-ring (bicyclic) bond motifs is 2. The molecular formula is C21H14O3. The summed E-state index contributed by atoms with van der Waals surface area (Å²) >= 11 is 0. The first kappa shape index (κ1) is 14.3. The van der Waals surface area contributed by atoms with Crippen molar-refractivity contribution in [2.45, 2.75) is 0 Å². The highest BCUT2D eigenvalue weighted by molar-refractivity contribution is 6.18. The molecule has 2 N–H and O–H groups in total. The Hall–Kier alpha value is -3.33. The molecule has 0 aliphatic carbocycles. The van der Waals surface area contributed by atoms with Crippen molar-refractivity contribution in [3.8, 4) is 16.9 Å². The van der Waals surface area contributed by atoms with Gasteiger partial charge in [-0.3, -0.25) is 0 Å². The van der Waals surface area contributed by atoms with E-state index in [2.05, 4.69) is 0 Å². The van der Waals surface area contributed by atoms with E-state index in [1.54, 1.807) is 24.3 Å². The molecule has 0 fully saturated rings. The first-order valence-electron chi connectivity index (χ1n) is 7.62. The van der Waals surface area contributed by atoms with Crippen LogP contribution in [0.4, 0.5) is 0 Å². The number of rotatable bonds is 2. The van der Waals surface area contributed by atoms with Crippen LogP contribution in [0.3, 0.4) is 0 Å². The summed E-state index contributed by atoms with van der Waals surface area (Å²) in [6.07, 6.45) is 0. The molecule has 116 valence electrons. The normalized spacial score (nSPS) is 11.0. The van der Waals surface area contributed by atoms with Crippen LogP contribution < -0.4 is 0 Å². The molecule has 0 aliphatic rings.